The van der Waals surface area contributed by atoms with Crippen LogP contribution in [-0.2, 0) is 4.79 Å². The Balaban J connectivity index is 1.64. The Morgan fingerprint density at radius 1 is 1.29 bits per heavy atom. The molecule has 3 rings (SSSR count). The van der Waals surface area contributed by atoms with Crippen LogP contribution in [0.15, 0.2) is 47.1 Å². The zero-order chi connectivity index (χ0) is 16.9. The third kappa shape index (κ3) is 3.49. The van der Waals surface area contributed by atoms with Crippen molar-refractivity contribution >= 4 is 17.5 Å². The fraction of sp³-hybridized carbons (Fsp3) is 0.263. The van der Waals surface area contributed by atoms with Crippen LogP contribution in [0.25, 0.3) is 0 Å². The molecule has 0 unspecified atom stereocenters. The number of terminal acetylenes is 1. The number of likely N-dealkylation sites (tertiary alicyclic amines) is 1. The maximum atomic E-state index is 12.5. The molecule has 5 nitrogen and oxygen atoms in total. The molecule has 1 saturated heterocycles. The summed E-state index contributed by atoms with van der Waals surface area (Å²) in [6.45, 7) is 1.02. The van der Waals surface area contributed by atoms with Crippen molar-refractivity contribution in [2.75, 3.05) is 18.4 Å². The predicted molar refractivity (Wildman–Crippen MR) is 90.3 cm³/mol. The van der Waals surface area contributed by atoms with Crippen molar-refractivity contribution < 1.29 is 14.0 Å². The van der Waals surface area contributed by atoms with Gasteiger partial charge in [-0.15, -0.1) is 6.42 Å². The molecular formula is C19H18N2O3. The minimum atomic E-state index is -0.243. The van der Waals surface area contributed by atoms with E-state index < -0.39 is 0 Å². The third-order valence-electron chi connectivity index (χ3n) is 4.11. The average molecular weight is 322 g/mol. The molecule has 1 aromatic heterocycles. The molecule has 122 valence electrons. The molecule has 1 aliphatic heterocycles. The fourth-order valence-corrected chi connectivity index (χ4v) is 2.86. The van der Waals surface area contributed by atoms with Crippen molar-refractivity contribution in [3.05, 3.63) is 54.0 Å². The summed E-state index contributed by atoms with van der Waals surface area (Å²) >= 11 is 0. The number of nitrogens with one attached hydrogen (secondary N) is 1. The summed E-state index contributed by atoms with van der Waals surface area (Å²) in [5, 5.41) is 2.88. The summed E-state index contributed by atoms with van der Waals surface area (Å²) in [4.78, 5) is 26.5. The van der Waals surface area contributed by atoms with Gasteiger partial charge in [-0.2, -0.15) is 0 Å². The van der Waals surface area contributed by atoms with Gasteiger partial charge in [-0.1, -0.05) is 12.0 Å². The van der Waals surface area contributed by atoms with Gasteiger partial charge in [0.2, 0.25) is 5.91 Å². The number of hydrogen-bond acceptors (Lipinski definition) is 3. The molecule has 1 N–H and O–H groups in total. The highest BCUT2D eigenvalue weighted by atomic mass is 16.3. The summed E-state index contributed by atoms with van der Waals surface area (Å²) < 4.78 is 5.15. The molecule has 1 atom stereocenters. The number of amides is 2. The normalized spacial score (nSPS) is 17.1. The number of anilines is 1. The maximum Gasteiger partial charge on any atom is 0.289 e. The van der Waals surface area contributed by atoms with E-state index >= 15 is 0 Å². The highest BCUT2D eigenvalue weighted by molar-refractivity contribution is 5.95. The van der Waals surface area contributed by atoms with Crippen LogP contribution in [0.2, 0.25) is 0 Å². The molecule has 2 aromatic rings. The minimum absolute atomic E-state index is 0.0962. The standard InChI is InChI=1S/C19H18N2O3/c1-2-14-6-3-8-16(12-14)20-18(22)15-7-4-10-21(13-15)19(23)17-9-5-11-24-17/h1,3,5-6,8-9,11-12,15H,4,7,10,13H2,(H,20,22)/t15-/m1/s1. The van der Waals surface area contributed by atoms with Gasteiger partial charge in [0.05, 0.1) is 12.2 Å². The van der Waals surface area contributed by atoms with E-state index in [0.717, 1.165) is 12.8 Å². The summed E-state index contributed by atoms with van der Waals surface area (Å²) in [6.07, 6.45) is 8.39. The molecule has 1 aromatic carbocycles. The summed E-state index contributed by atoms with van der Waals surface area (Å²) in [7, 11) is 0. The molecule has 0 radical (unpaired) electrons. The first-order chi connectivity index (χ1) is 11.7. The van der Waals surface area contributed by atoms with Crippen LogP contribution in [0.4, 0.5) is 5.69 Å². The molecule has 0 bridgehead atoms. The lowest BCUT2D eigenvalue weighted by molar-refractivity contribution is -0.121. The molecule has 5 heteroatoms. The van der Waals surface area contributed by atoms with Crippen molar-refractivity contribution in [3.8, 4) is 12.3 Å². The second-order valence-corrected chi connectivity index (χ2v) is 5.78. The van der Waals surface area contributed by atoms with Crippen LogP contribution in [0.5, 0.6) is 0 Å². The van der Waals surface area contributed by atoms with Crippen LogP contribution in [-0.4, -0.2) is 29.8 Å². The molecule has 24 heavy (non-hydrogen) atoms. The van der Waals surface area contributed by atoms with Crippen LogP contribution in [0, 0.1) is 18.3 Å². The topological polar surface area (TPSA) is 62.6 Å². The quantitative estimate of drug-likeness (QED) is 0.884. The highest BCUT2D eigenvalue weighted by Crippen LogP contribution is 2.21. The second-order valence-electron chi connectivity index (χ2n) is 5.78. The van der Waals surface area contributed by atoms with Gasteiger partial charge in [-0.05, 0) is 43.2 Å². The largest absolute Gasteiger partial charge is 0.459 e. The van der Waals surface area contributed by atoms with Crippen LogP contribution in [0.3, 0.4) is 0 Å². The lowest BCUT2D eigenvalue weighted by Crippen LogP contribution is -2.43. The van der Waals surface area contributed by atoms with Crippen LogP contribution >= 0.6 is 0 Å². The Bertz CT molecular complexity index is 774. The number of nitrogens with zero attached hydrogens (tertiary/aromatic N) is 1. The van der Waals surface area contributed by atoms with Gasteiger partial charge < -0.3 is 14.6 Å². The van der Waals surface area contributed by atoms with Gasteiger partial charge in [-0.3, -0.25) is 9.59 Å². The van der Waals surface area contributed by atoms with E-state index in [9.17, 15) is 9.59 Å². The number of hydrogen-bond donors (Lipinski definition) is 1. The van der Waals surface area contributed by atoms with Crippen LogP contribution in [0.1, 0.15) is 29.0 Å². The molecule has 0 aliphatic carbocycles. The molecule has 1 fully saturated rings. The maximum absolute atomic E-state index is 12.5. The fourth-order valence-electron chi connectivity index (χ4n) is 2.86. The number of rotatable bonds is 3. The van der Waals surface area contributed by atoms with Gasteiger partial charge in [0.25, 0.3) is 5.91 Å². The van der Waals surface area contributed by atoms with Crippen molar-refractivity contribution in [3.63, 3.8) is 0 Å². The summed E-state index contributed by atoms with van der Waals surface area (Å²) in [6, 6.07) is 10.5. The lowest BCUT2D eigenvalue weighted by Gasteiger charge is -2.31. The lowest BCUT2D eigenvalue weighted by atomic mass is 9.96. The van der Waals surface area contributed by atoms with E-state index in [1.807, 2.05) is 0 Å². The number of benzene rings is 1. The number of furan rings is 1. The number of carbonyl (C=O) groups excluding carboxylic acids is 2. The third-order valence-corrected chi connectivity index (χ3v) is 4.11. The van der Waals surface area contributed by atoms with Crippen LogP contribution < -0.4 is 5.32 Å². The summed E-state index contributed by atoms with van der Waals surface area (Å²) in [5.74, 6) is 2.33. The van der Waals surface area contributed by atoms with Gasteiger partial charge >= 0.3 is 0 Å². The van der Waals surface area contributed by atoms with E-state index in [0.29, 0.717) is 30.1 Å². The zero-order valence-corrected chi connectivity index (χ0v) is 13.2. The van der Waals surface area contributed by atoms with Crippen molar-refractivity contribution in [1.82, 2.24) is 4.90 Å². The Hall–Kier alpha value is -3.00. The molecule has 0 spiro atoms. The molecule has 2 heterocycles. The molecule has 1 aliphatic rings. The van der Waals surface area contributed by atoms with E-state index in [-0.39, 0.29) is 17.7 Å². The van der Waals surface area contributed by atoms with Gasteiger partial charge in [-0.25, -0.2) is 0 Å². The van der Waals surface area contributed by atoms with E-state index in [1.54, 1.807) is 41.3 Å². The first kappa shape index (κ1) is 15.9. The Morgan fingerprint density at radius 2 is 2.17 bits per heavy atom. The van der Waals surface area contributed by atoms with Crippen molar-refractivity contribution in [2.24, 2.45) is 5.92 Å². The minimum Gasteiger partial charge on any atom is -0.459 e. The summed E-state index contributed by atoms with van der Waals surface area (Å²) in [5.41, 5.74) is 1.39. The monoisotopic (exact) mass is 322 g/mol. The zero-order valence-electron chi connectivity index (χ0n) is 13.2. The second kappa shape index (κ2) is 7.05. The average Bonchev–Trinajstić information content (AvgIpc) is 3.16. The first-order valence-corrected chi connectivity index (χ1v) is 7.87. The molecular weight excluding hydrogens is 304 g/mol. The smallest absolute Gasteiger partial charge is 0.289 e. The van der Waals surface area contributed by atoms with E-state index in [2.05, 4.69) is 11.2 Å². The first-order valence-electron chi connectivity index (χ1n) is 7.87. The Labute approximate surface area is 140 Å². The molecule has 2 amide bonds. The van der Waals surface area contributed by atoms with Gasteiger partial charge in [0.15, 0.2) is 5.76 Å². The Morgan fingerprint density at radius 3 is 2.92 bits per heavy atom. The van der Waals surface area contributed by atoms with Crippen molar-refractivity contribution in [2.45, 2.75) is 12.8 Å². The van der Waals surface area contributed by atoms with Crippen molar-refractivity contribution in [1.29, 1.82) is 0 Å². The van der Waals surface area contributed by atoms with E-state index in [1.165, 1.54) is 6.26 Å². The SMILES string of the molecule is C#Cc1cccc(NC(=O)[C@@H]2CCCN(C(=O)c3ccco3)C2)c1. The Kier molecular flexibility index (Phi) is 4.66. The van der Waals surface area contributed by atoms with E-state index in [4.69, 9.17) is 10.8 Å². The predicted octanol–water partition coefficient (Wildman–Crippen LogP) is 2.75. The van der Waals surface area contributed by atoms with Gasteiger partial charge in [0, 0.05) is 24.3 Å². The number of piperidine rings is 1. The molecule has 0 saturated carbocycles. The number of carbonyl (C=O) groups is 2. The van der Waals surface area contributed by atoms with Gasteiger partial charge in [0.1, 0.15) is 0 Å². The highest BCUT2D eigenvalue weighted by Gasteiger charge is 2.29.